The molecule has 0 spiro atoms. The second-order valence-electron chi connectivity index (χ2n) is 4.64. The van der Waals surface area contributed by atoms with E-state index in [1.807, 2.05) is 0 Å². The largest absolute Gasteiger partial charge is 0.314 e. The summed E-state index contributed by atoms with van der Waals surface area (Å²) in [6.45, 7) is 4.51. The van der Waals surface area contributed by atoms with Crippen LogP contribution in [0.25, 0.3) is 0 Å². The third kappa shape index (κ3) is 1.94. The summed E-state index contributed by atoms with van der Waals surface area (Å²) >= 11 is 0. The Bertz CT molecular complexity index is 315. The van der Waals surface area contributed by atoms with Crippen molar-refractivity contribution in [2.24, 2.45) is 11.8 Å². The number of sulfonamides is 1. The molecule has 2 bridgehead atoms. The van der Waals surface area contributed by atoms with E-state index in [1.54, 1.807) is 4.31 Å². The molecule has 0 saturated carbocycles. The van der Waals surface area contributed by atoms with Crippen molar-refractivity contribution in [2.45, 2.75) is 19.4 Å². The van der Waals surface area contributed by atoms with Gasteiger partial charge in [0.25, 0.3) is 0 Å². The lowest BCUT2D eigenvalue weighted by molar-refractivity contribution is 0.125. The van der Waals surface area contributed by atoms with Gasteiger partial charge < -0.3 is 5.32 Å². The quantitative estimate of drug-likeness (QED) is 0.667. The number of piperidine rings is 2. The van der Waals surface area contributed by atoms with E-state index in [0.717, 1.165) is 6.54 Å². The summed E-state index contributed by atoms with van der Waals surface area (Å²) in [5, 5.41) is 3.43. The molecule has 0 aromatic carbocycles. The van der Waals surface area contributed by atoms with E-state index < -0.39 is 10.0 Å². The van der Waals surface area contributed by atoms with Crippen molar-refractivity contribution in [3.8, 4) is 0 Å². The van der Waals surface area contributed by atoms with Crippen LogP contribution in [-0.2, 0) is 10.0 Å². The predicted molar refractivity (Wildman–Crippen MR) is 55.5 cm³/mol. The highest BCUT2D eigenvalue weighted by atomic mass is 32.2. The van der Waals surface area contributed by atoms with Gasteiger partial charge in [-0.2, -0.15) is 0 Å². The molecule has 2 rings (SSSR count). The van der Waals surface area contributed by atoms with Crippen LogP contribution in [0, 0.1) is 11.8 Å². The summed E-state index contributed by atoms with van der Waals surface area (Å²) in [6.07, 6.45) is 2.49. The third-order valence-corrected chi connectivity index (χ3v) is 4.68. The molecule has 3 atom stereocenters. The van der Waals surface area contributed by atoms with Gasteiger partial charge in [-0.3, -0.25) is 0 Å². The standard InChI is InChI=1S/C9H18N2O2S/c1-7-9-3-8(4-10-7)5-11(6-9)14(2,12)13/h7-10H,3-6H2,1-2H3. The fraction of sp³-hybridized carbons (Fsp3) is 1.00. The maximum atomic E-state index is 11.4. The Hall–Kier alpha value is -0.130. The molecule has 5 heteroatoms. The van der Waals surface area contributed by atoms with Crippen molar-refractivity contribution in [1.82, 2.24) is 9.62 Å². The summed E-state index contributed by atoms with van der Waals surface area (Å²) in [5.41, 5.74) is 0. The second-order valence-corrected chi connectivity index (χ2v) is 6.62. The minimum Gasteiger partial charge on any atom is -0.314 e. The third-order valence-electron chi connectivity index (χ3n) is 3.44. The van der Waals surface area contributed by atoms with Gasteiger partial charge in [0.15, 0.2) is 0 Å². The molecule has 2 heterocycles. The Kier molecular flexibility index (Phi) is 2.57. The first-order valence-electron chi connectivity index (χ1n) is 5.15. The molecule has 0 aliphatic carbocycles. The molecule has 2 saturated heterocycles. The van der Waals surface area contributed by atoms with Crippen LogP contribution < -0.4 is 5.32 Å². The molecular formula is C9H18N2O2S. The van der Waals surface area contributed by atoms with E-state index in [9.17, 15) is 8.42 Å². The maximum Gasteiger partial charge on any atom is 0.211 e. The molecule has 0 radical (unpaired) electrons. The predicted octanol–water partition coefficient (Wildman–Crippen LogP) is -0.124. The minimum atomic E-state index is -2.99. The number of nitrogens with zero attached hydrogens (tertiary/aromatic N) is 1. The number of hydrogen-bond donors (Lipinski definition) is 1. The molecule has 14 heavy (non-hydrogen) atoms. The van der Waals surface area contributed by atoms with Crippen LogP contribution in [0.2, 0.25) is 0 Å². The molecule has 2 aliphatic heterocycles. The Balaban J connectivity index is 2.13. The first kappa shape index (κ1) is 10.4. The first-order chi connectivity index (χ1) is 6.47. The summed E-state index contributed by atoms with van der Waals surface area (Å²) in [4.78, 5) is 0. The molecule has 0 aromatic rings. The molecule has 0 amide bonds. The van der Waals surface area contributed by atoms with Crippen LogP contribution >= 0.6 is 0 Å². The van der Waals surface area contributed by atoms with Crippen molar-refractivity contribution in [3.05, 3.63) is 0 Å². The molecule has 2 aliphatic rings. The first-order valence-corrected chi connectivity index (χ1v) is 7.00. The average molecular weight is 218 g/mol. The van der Waals surface area contributed by atoms with Crippen LogP contribution in [0.15, 0.2) is 0 Å². The topological polar surface area (TPSA) is 49.4 Å². The minimum absolute atomic E-state index is 0.454. The van der Waals surface area contributed by atoms with Crippen molar-refractivity contribution in [2.75, 3.05) is 25.9 Å². The van der Waals surface area contributed by atoms with Crippen molar-refractivity contribution in [3.63, 3.8) is 0 Å². The molecule has 0 aromatic heterocycles. The van der Waals surface area contributed by atoms with Gasteiger partial charge >= 0.3 is 0 Å². The van der Waals surface area contributed by atoms with E-state index >= 15 is 0 Å². The highest BCUT2D eigenvalue weighted by Gasteiger charge is 2.37. The van der Waals surface area contributed by atoms with Crippen molar-refractivity contribution < 1.29 is 8.42 Å². The second kappa shape index (κ2) is 3.47. The van der Waals surface area contributed by atoms with Gasteiger partial charge in [-0.15, -0.1) is 0 Å². The lowest BCUT2D eigenvalue weighted by Gasteiger charge is -2.43. The summed E-state index contributed by atoms with van der Waals surface area (Å²) in [5.74, 6) is 1.01. The van der Waals surface area contributed by atoms with Gasteiger partial charge in [-0.25, -0.2) is 12.7 Å². The van der Waals surface area contributed by atoms with E-state index in [1.165, 1.54) is 12.7 Å². The van der Waals surface area contributed by atoms with Crippen molar-refractivity contribution in [1.29, 1.82) is 0 Å². The zero-order valence-corrected chi connectivity index (χ0v) is 9.55. The zero-order chi connectivity index (χ0) is 10.3. The fourth-order valence-corrected chi connectivity index (χ4v) is 3.45. The van der Waals surface area contributed by atoms with Crippen LogP contribution in [-0.4, -0.2) is 44.7 Å². The Morgan fingerprint density at radius 1 is 1.36 bits per heavy atom. The SMILES string of the molecule is CC1NCC2CC1CN(S(C)(=O)=O)C2. The number of hydrogen-bond acceptors (Lipinski definition) is 3. The maximum absolute atomic E-state index is 11.4. The van der Waals surface area contributed by atoms with Gasteiger partial charge in [0.2, 0.25) is 10.0 Å². The van der Waals surface area contributed by atoms with Gasteiger partial charge in [-0.05, 0) is 31.7 Å². The molecular weight excluding hydrogens is 200 g/mol. The van der Waals surface area contributed by atoms with E-state index in [0.29, 0.717) is 31.0 Å². The Morgan fingerprint density at radius 3 is 2.71 bits per heavy atom. The molecule has 4 nitrogen and oxygen atoms in total. The molecule has 3 unspecified atom stereocenters. The van der Waals surface area contributed by atoms with Crippen LogP contribution in [0.4, 0.5) is 0 Å². The van der Waals surface area contributed by atoms with Gasteiger partial charge in [0.05, 0.1) is 6.26 Å². The van der Waals surface area contributed by atoms with Gasteiger partial charge in [0.1, 0.15) is 0 Å². The number of rotatable bonds is 1. The number of fused-ring (bicyclic) bond motifs is 2. The van der Waals surface area contributed by atoms with E-state index in [4.69, 9.17) is 0 Å². The normalized spacial score (nSPS) is 39.7. The fourth-order valence-electron chi connectivity index (χ4n) is 2.50. The summed E-state index contributed by atoms with van der Waals surface area (Å²) in [7, 11) is -2.99. The van der Waals surface area contributed by atoms with Crippen LogP contribution in [0.3, 0.4) is 0 Å². The Labute approximate surface area is 85.7 Å². The summed E-state index contributed by atoms with van der Waals surface area (Å²) < 4.78 is 24.5. The lowest BCUT2D eigenvalue weighted by Crippen LogP contribution is -2.56. The van der Waals surface area contributed by atoms with Crippen molar-refractivity contribution >= 4 is 10.0 Å². The van der Waals surface area contributed by atoms with Gasteiger partial charge in [-0.1, -0.05) is 0 Å². The molecule has 82 valence electrons. The lowest BCUT2D eigenvalue weighted by atomic mass is 9.82. The van der Waals surface area contributed by atoms with E-state index in [-0.39, 0.29) is 0 Å². The van der Waals surface area contributed by atoms with Gasteiger partial charge in [0, 0.05) is 19.1 Å². The summed E-state index contributed by atoms with van der Waals surface area (Å²) in [6, 6.07) is 0.454. The number of nitrogens with one attached hydrogen (secondary N) is 1. The smallest absolute Gasteiger partial charge is 0.211 e. The molecule has 2 fully saturated rings. The van der Waals surface area contributed by atoms with Crippen LogP contribution in [0.1, 0.15) is 13.3 Å². The highest BCUT2D eigenvalue weighted by Crippen LogP contribution is 2.29. The van der Waals surface area contributed by atoms with Crippen LogP contribution in [0.5, 0.6) is 0 Å². The van der Waals surface area contributed by atoms with E-state index in [2.05, 4.69) is 12.2 Å². The monoisotopic (exact) mass is 218 g/mol. The zero-order valence-electron chi connectivity index (χ0n) is 8.73. The molecule has 1 N–H and O–H groups in total. The highest BCUT2D eigenvalue weighted by molar-refractivity contribution is 7.88. The average Bonchev–Trinajstić information content (AvgIpc) is 2.10. The Morgan fingerprint density at radius 2 is 2.07 bits per heavy atom.